The zero-order valence-corrected chi connectivity index (χ0v) is 23.1. The molecular weight excluding hydrogens is 552 g/mol. The van der Waals surface area contributed by atoms with Crippen LogP contribution in [0.15, 0.2) is 144 Å². The first kappa shape index (κ1) is 23.2. The van der Waals surface area contributed by atoms with E-state index in [4.69, 9.17) is 4.98 Å². The molecule has 8 rings (SSSR count). The van der Waals surface area contributed by atoms with Crippen LogP contribution < -0.4 is 0 Å². The number of benzene rings is 6. The van der Waals surface area contributed by atoms with Crippen molar-refractivity contribution >= 4 is 59.4 Å². The maximum Gasteiger partial charge on any atom is 0.138 e. The quantitative estimate of drug-likeness (QED) is 0.205. The van der Waals surface area contributed by atoms with Crippen LogP contribution in [0.2, 0.25) is 0 Å². The van der Waals surface area contributed by atoms with Crippen molar-refractivity contribution in [1.29, 1.82) is 0 Å². The highest BCUT2D eigenvalue weighted by Gasteiger charge is 2.18. The number of pyridine rings is 1. The van der Waals surface area contributed by atoms with Crippen LogP contribution in [0, 0.1) is 0 Å². The summed E-state index contributed by atoms with van der Waals surface area (Å²) in [6.45, 7) is 0. The molecule has 0 spiro atoms. The Labute approximate surface area is 240 Å². The zero-order chi connectivity index (χ0) is 26.6. The summed E-state index contributed by atoms with van der Waals surface area (Å²) in [4.78, 5) is 5.22. The standard InChI is InChI=1S/C37H23BrN2/c38-28-19-21-34-32(22-28)37-29-11-5-4-10-26(29)18-20-35(37)40(34)36-23-31(30-12-6-7-13-33(30)39-36)27-16-14-25(15-17-27)24-8-2-1-3-9-24/h1-23H. The van der Waals surface area contributed by atoms with Crippen molar-refractivity contribution in [3.05, 3.63) is 144 Å². The molecule has 0 atom stereocenters. The molecule has 0 aliphatic rings. The Hall–Kier alpha value is -4.73. The van der Waals surface area contributed by atoms with Gasteiger partial charge in [-0.1, -0.05) is 119 Å². The van der Waals surface area contributed by atoms with E-state index >= 15 is 0 Å². The smallest absolute Gasteiger partial charge is 0.138 e. The van der Waals surface area contributed by atoms with Crippen LogP contribution in [0.3, 0.4) is 0 Å². The van der Waals surface area contributed by atoms with Gasteiger partial charge in [-0.25, -0.2) is 4.98 Å². The Balaban J connectivity index is 1.41. The first-order valence-corrected chi connectivity index (χ1v) is 14.2. The van der Waals surface area contributed by atoms with E-state index in [0.717, 1.165) is 32.2 Å². The summed E-state index contributed by atoms with van der Waals surface area (Å²) in [6, 6.07) is 49.7. The van der Waals surface area contributed by atoms with E-state index in [1.807, 2.05) is 0 Å². The van der Waals surface area contributed by atoms with Gasteiger partial charge in [0, 0.05) is 20.6 Å². The van der Waals surface area contributed by atoms with Gasteiger partial charge in [0.05, 0.1) is 16.6 Å². The maximum absolute atomic E-state index is 5.22. The van der Waals surface area contributed by atoms with Gasteiger partial charge in [0.2, 0.25) is 0 Å². The summed E-state index contributed by atoms with van der Waals surface area (Å²) in [7, 11) is 0. The minimum absolute atomic E-state index is 0.915. The summed E-state index contributed by atoms with van der Waals surface area (Å²) >= 11 is 3.72. The average Bonchev–Trinajstić information content (AvgIpc) is 3.35. The van der Waals surface area contributed by atoms with Gasteiger partial charge in [0.15, 0.2) is 0 Å². The van der Waals surface area contributed by atoms with Crippen LogP contribution in [-0.4, -0.2) is 9.55 Å². The zero-order valence-electron chi connectivity index (χ0n) is 21.6. The second-order valence-corrected chi connectivity index (χ2v) is 11.1. The Bertz CT molecular complexity index is 2210. The third-order valence-corrected chi connectivity index (χ3v) is 8.34. The summed E-state index contributed by atoms with van der Waals surface area (Å²) in [5.74, 6) is 0.915. The molecule has 0 saturated heterocycles. The van der Waals surface area contributed by atoms with E-state index < -0.39 is 0 Å². The average molecular weight is 576 g/mol. The van der Waals surface area contributed by atoms with Gasteiger partial charge in [-0.3, -0.25) is 4.57 Å². The van der Waals surface area contributed by atoms with E-state index in [2.05, 4.69) is 160 Å². The summed E-state index contributed by atoms with van der Waals surface area (Å²) in [6.07, 6.45) is 0. The van der Waals surface area contributed by atoms with Gasteiger partial charge in [-0.05, 0) is 69.4 Å². The molecule has 188 valence electrons. The topological polar surface area (TPSA) is 17.8 Å². The molecule has 40 heavy (non-hydrogen) atoms. The number of para-hydroxylation sites is 1. The lowest BCUT2D eigenvalue weighted by Gasteiger charge is -2.13. The predicted molar refractivity (Wildman–Crippen MR) is 172 cm³/mol. The highest BCUT2D eigenvalue weighted by molar-refractivity contribution is 9.10. The van der Waals surface area contributed by atoms with E-state index in [9.17, 15) is 0 Å². The minimum atomic E-state index is 0.915. The largest absolute Gasteiger partial charge is 0.294 e. The van der Waals surface area contributed by atoms with E-state index in [0.29, 0.717) is 0 Å². The first-order valence-electron chi connectivity index (χ1n) is 13.4. The molecule has 0 amide bonds. The van der Waals surface area contributed by atoms with Gasteiger partial charge in [0.25, 0.3) is 0 Å². The highest BCUT2D eigenvalue weighted by atomic mass is 79.9. The van der Waals surface area contributed by atoms with Crippen LogP contribution in [0.25, 0.3) is 71.6 Å². The molecule has 2 nitrogen and oxygen atoms in total. The SMILES string of the molecule is Brc1ccc2c(c1)c1c3ccccc3ccc1n2-c1cc(-c2ccc(-c3ccccc3)cc2)c2ccccc2n1. The highest BCUT2D eigenvalue weighted by Crippen LogP contribution is 2.39. The third-order valence-electron chi connectivity index (χ3n) is 7.85. The molecule has 0 aliphatic carbocycles. The van der Waals surface area contributed by atoms with Crippen molar-refractivity contribution in [2.24, 2.45) is 0 Å². The van der Waals surface area contributed by atoms with Crippen molar-refractivity contribution in [1.82, 2.24) is 9.55 Å². The second kappa shape index (κ2) is 9.18. The minimum Gasteiger partial charge on any atom is -0.294 e. The molecule has 0 saturated carbocycles. The van der Waals surface area contributed by atoms with Gasteiger partial charge in [0.1, 0.15) is 5.82 Å². The van der Waals surface area contributed by atoms with Gasteiger partial charge in [-0.2, -0.15) is 0 Å². The molecular formula is C37H23BrN2. The van der Waals surface area contributed by atoms with Gasteiger partial charge in [-0.15, -0.1) is 0 Å². The number of aromatic nitrogens is 2. The fraction of sp³-hybridized carbons (Fsp3) is 0. The predicted octanol–water partition coefficient (Wildman–Crippen LogP) is 10.6. The lowest BCUT2D eigenvalue weighted by Crippen LogP contribution is -1.99. The summed E-state index contributed by atoms with van der Waals surface area (Å²) in [5, 5.41) is 6.09. The van der Waals surface area contributed by atoms with Crippen LogP contribution in [0.4, 0.5) is 0 Å². The van der Waals surface area contributed by atoms with Crippen LogP contribution in [0.5, 0.6) is 0 Å². The van der Waals surface area contributed by atoms with E-state index in [1.54, 1.807) is 0 Å². The number of hydrogen-bond donors (Lipinski definition) is 0. The van der Waals surface area contributed by atoms with E-state index in [1.165, 1.54) is 43.8 Å². The van der Waals surface area contributed by atoms with Crippen molar-refractivity contribution in [2.75, 3.05) is 0 Å². The number of nitrogens with zero attached hydrogens (tertiary/aromatic N) is 2. The number of fused-ring (bicyclic) bond motifs is 6. The summed E-state index contributed by atoms with van der Waals surface area (Å²) in [5.41, 5.74) is 8.06. The Morgan fingerprint density at radius 3 is 2.02 bits per heavy atom. The van der Waals surface area contributed by atoms with Gasteiger partial charge < -0.3 is 0 Å². The number of hydrogen-bond acceptors (Lipinski definition) is 1. The fourth-order valence-electron chi connectivity index (χ4n) is 6.00. The molecule has 8 aromatic rings. The first-order chi connectivity index (χ1) is 19.7. The van der Waals surface area contributed by atoms with Crippen molar-refractivity contribution < 1.29 is 0 Å². The van der Waals surface area contributed by atoms with Crippen molar-refractivity contribution in [3.8, 4) is 28.1 Å². The molecule has 0 fully saturated rings. The van der Waals surface area contributed by atoms with Crippen molar-refractivity contribution in [3.63, 3.8) is 0 Å². The molecule has 0 bridgehead atoms. The molecule has 6 aromatic carbocycles. The van der Waals surface area contributed by atoms with E-state index in [-0.39, 0.29) is 0 Å². The van der Waals surface area contributed by atoms with Crippen molar-refractivity contribution in [2.45, 2.75) is 0 Å². The second-order valence-electron chi connectivity index (χ2n) is 10.2. The van der Waals surface area contributed by atoms with Crippen LogP contribution in [-0.2, 0) is 0 Å². The third kappa shape index (κ3) is 3.66. The number of halogens is 1. The van der Waals surface area contributed by atoms with Gasteiger partial charge >= 0.3 is 0 Å². The Morgan fingerprint density at radius 2 is 1.18 bits per heavy atom. The van der Waals surface area contributed by atoms with Crippen LogP contribution >= 0.6 is 15.9 Å². The normalized spacial score (nSPS) is 11.6. The Kier molecular flexibility index (Phi) is 5.32. The maximum atomic E-state index is 5.22. The molecule has 0 N–H and O–H groups in total. The monoisotopic (exact) mass is 574 g/mol. The molecule has 0 unspecified atom stereocenters. The molecule has 2 heterocycles. The lowest BCUT2D eigenvalue weighted by molar-refractivity contribution is 1.10. The molecule has 2 aromatic heterocycles. The Morgan fingerprint density at radius 1 is 0.500 bits per heavy atom. The molecule has 0 aliphatic heterocycles. The molecule has 3 heteroatoms. The molecule has 0 radical (unpaired) electrons. The van der Waals surface area contributed by atoms with Crippen LogP contribution in [0.1, 0.15) is 0 Å². The fourth-order valence-corrected chi connectivity index (χ4v) is 6.36. The number of rotatable bonds is 3. The summed E-state index contributed by atoms with van der Waals surface area (Å²) < 4.78 is 3.38. The lowest BCUT2D eigenvalue weighted by atomic mass is 9.98.